The van der Waals surface area contributed by atoms with Gasteiger partial charge in [-0.1, -0.05) is 0 Å². The Balaban J connectivity index is 3.22. The highest BCUT2D eigenvalue weighted by molar-refractivity contribution is 14.1. The van der Waals surface area contributed by atoms with Gasteiger partial charge in [-0.05, 0) is 22.6 Å². The fourth-order valence-electron chi connectivity index (χ4n) is 1.01. The smallest absolute Gasteiger partial charge is 0.493 e. The number of nitrogens with zero attached hydrogens (tertiary/aromatic N) is 1. The summed E-state index contributed by atoms with van der Waals surface area (Å²) in [5.74, 6) is -0.737. The lowest BCUT2D eigenvalue weighted by molar-refractivity contribution is -0.275. The summed E-state index contributed by atoms with van der Waals surface area (Å²) in [7, 11) is 1.20. The first kappa shape index (κ1) is 13.3. The van der Waals surface area contributed by atoms with E-state index in [2.05, 4.69) is 9.72 Å². The molecule has 1 rings (SSSR count). The van der Waals surface area contributed by atoms with E-state index in [0.717, 1.165) is 0 Å². The summed E-state index contributed by atoms with van der Waals surface area (Å²) in [5, 5.41) is 8.89. The van der Waals surface area contributed by atoms with Gasteiger partial charge in [0.15, 0.2) is 11.5 Å². The minimum absolute atomic E-state index is 0.124. The Bertz CT molecular complexity index is 358. The largest absolute Gasteiger partial charge is 0.573 e. The van der Waals surface area contributed by atoms with Crippen molar-refractivity contribution in [3.05, 3.63) is 15.5 Å². The van der Waals surface area contributed by atoms with E-state index in [1.165, 1.54) is 13.2 Å². The van der Waals surface area contributed by atoms with Crippen molar-refractivity contribution in [2.45, 2.75) is 13.0 Å². The van der Waals surface area contributed by atoms with Crippen molar-refractivity contribution < 1.29 is 27.8 Å². The van der Waals surface area contributed by atoms with Crippen molar-refractivity contribution in [1.82, 2.24) is 4.98 Å². The molecule has 90 valence electrons. The second-order valence-electron chi connectivity index (χ2n) is 2.63. The molecule has 0 aliphatic heterocycles. The van der Waals surface area contributed by atoms with Gasteiger partial charge >= 0.3 is 6.36 Å². The van der Waals surface area contributed by atoms with Crippen molar-refractivity contribution in [1.29, 1.82) is 0 Å². The number of pyridine rings is 1. The number of alkyl halides is 3. The van der Waals surface area contributed by atoms with E-state index in [1.54, 1.807) is 22.6 Å². The van der Waals surface area contributed by atoms with E-state index in [9.17, 15) is 13.2 Å². The maximum absolute atomic E-state index is 12.1. The number of aliphatic hydroxyl groups is 1. The molecule has 0 amide bonds. The average Bonchev–Trinajstić information content (AvgIpc) is 2.18. The highest BCUT2D eigenvalue weighted by Crippen LogP contribution is 2.35. The van der Waals surface area contributed by atoms with Crippen molar-refractivity contribution in [2.75, 3.05) is 7.11 Å². The van der Waals surface area contributed by atoms with Crippen molar-refractivity contribution in [3.8, 4) is 11.5 Å². The molecule has 0 spiro atoms. The summed E-state index contributed by atoms with van der Waals surface area (Å²) in [5.41, 5.74) is -0.221. The fourth-order valence-corrected chi connectivity index (χ4v) is 1.59. The SMILES string of the molecule is COc1cc(I)nc(CO)c1OC(F)(F)F. The Labute approximate surface area is 103 Å². The van der Waals surface area contributed by atoms with Gasteiger partial charge in [-0.25, -0.2) is 4.98 Å². The third-order valence-corrected chi connectivity index (χ3v) is 2.12. The highest BCUT2D eigenvalue weighted by atomic mass is 127. The molecule has 1 N–H and O–H groups in total. The number of methoxy groups -OCH3 is 1. The van der Waals surface area contributed by atoms with Crippen LogP contribution in [0.25, 0.3) is 0 Å². The Kier molecular flexibility index (Phi) is 4.19. The zero-order valence-electron chi connectivity index (χ0n) is 8.01. The molecule has 1 heterocycles. The maximum atomic E-state index is 12.1. The van der Waals surface area contributed by atoms with E-state index >= 15 is 0 Å². The van der Waals surface area contributed by atoms with Gasteiger partial charge in [0.25, 0.3) is 0 Å². The maximum Gasteiger partial charge on any atom is 0.573 e. The zero-order valence-corrected chi connectivity index (χ0v) is 10.2. The Hall–Kier alpha value is -0.770. The Morgan fingerprint density at radius 1 is 1.50 bits per heavy atom. The van der Waals surface area contributed by atoms with Gasteiger partial charge in [-0.2, -0.15) is 0 Å². The first-order valence-corrected chi connectivity index (χ1v) is 5.05. The quantitative estimate of drug-likeness (QED) is 0.671. The van der Waals surface area contributed by atoms with Gasteiger partial charge in [-0.3, -0.25) is 0 Å². The lowest BCUT2D eigenvalue weighted by atomic mass is 10.3. The molecule has 0 saturated carbocycles. The van der Waals surface area contributed by atoms with Crippen LogP contribution in [0.5, 0.6) is 11.5 Å². The predicted octanol–water partition coefficient (Wildman–Crippen LogP) is 2.09. The van der Waals surface area contributed by atoms with Crippen LogP contribution in [0.1, 0.15) is 5.69 Å². The number of hydrogen-bond donors (Lipinski definition) is 1. The van der Waals surface area contributed by atoms with Gasteiger partial charge in [0, 0.05) is 6.07 Å². The molecule has 4 nitrogen and oxygen atoms in total. The number of ether oxygens (including phenoxy) is 2. The van der Waals surface area contributed by atoms with Gasteiger partial charge < -0.3 is 14.6 Å². The molecule has 0 aliphatic carbocycles. The van der Waals surface area contributed by atoms with Crippen molar-refractivity contribution in [3.63, 3.8) is 0 Å². The summed E-state index contributed by atoms with van der Waals surface area (Å²) >= 11 is 1.79. The third kappa shape index (κ3) is 3.37. The summed E-state index contributed by atoms with van der Waals surface area (Å²) in [4.78, 5) is 3.72. The van der Waals surface area contributed by atoms with Crippen LogP contribution in [0.2, 0.25) is 0 Å². The van der Waals surface area contributed by atoms with Crippen LogP contribution in [0.4, 0.5) is 13.2 Å². The summed E-state index contributed by atoms with van der Waals surface area (Å²) in [6, 6.07) is 1.28. The van der Waals surface area contributed by atoms with E-state index in [-0.39, 0.29) is 11.4 Å². The fraction of sp³-hybridized carbons (Fsp3) is 0.375. The average molecular weight is 349 g/mol. The van der Waals surface area contributed by atoms with Crippen LogP contribution >= 0.6 is 22.6 Å². The van der Waals surface area contributed by atoms with Gasteiger partial charge in [-0.15, -0.1) is 13.2 Å². The molecule has 1 aromatic rings. The number of halogens is 4. The van der Waals surface area contributed by atoms with E-state index in [0.29, 0.717) is 3.70 Å². The molecule has 1 aromatic heterocycles. The molecule has 0 bridgehead atoms. The van der Waals surface area contributed by atoms with Gasteiger partial charge in [0.05, 0.1) is 13.7 Å². The van der Waals surface area contributed by atoms with Crippen LogP contribution in [0, 0.1) is 3.70 Å². The molecule has 0 aromatic carbocycles. The lowest BCUT2D eigenvalue weighted by Gasteiger charge is -2.15. The van der Waals surface area contributed by atoms with Crippen LogP contribution in [0.15, 0.2) is 6.07 Å². The van der Waals surface area contributed by atoms with Crippen molar-refractivity contribution in [2.24, 2.45) is 0 Å². The summed E-state index contributed by atoms with van der Waals surface area (Å²) < 4.78 is 45.1. The molecular formula is C8H7F3INO3. The molecule has 0 radical (unpaired) electrons. The van der Waals surface area contributed by atoms with Crippen LogP contribution in [-0.2, 0) is 6.61 Å². The molecule has 8 heteroatoms. The Morgan fingerprint density at radius 3 is 2.56 bits per heavy atom. The van der Waals surface area contributed by atoms with Crippen LogP contribution < -0.4 is 9.47 Å². The molecule has 0 fully saturated rings. The Morgan fingerprint density at radius 2 is 2.12 bits per heavy atom. The normalized spacial score (nSPS) is 11.4. The molecule has 0 aliphatic rings. The second-order valence-corrected chi connectivity index (χ2v) is 3.73. The van der Waals surface area contributed by atoms with E-state index in [1.807, 2.05) is 0 Å². The second kappa shape index (κ2) is 5.04. The molecule has 0 unspecified atom stereocenters. The summed E-state index contributed by atoms with van der Waals surface area (Å²) in [6.07, 6.45) is -4.86. The number of aromatic nitrogens is 1. The third-order valence-electron chi connectivity index (χ3n) is 1.57. The monoisotopic (exact) mass is 349 g/mol. The molecule has 16 heavy (non-hydrogen) atoms. The predicted molar refractivity (Wildman–Crippen MR) is 56.1 cm³/mol. The van der Waals surface area contributed by atoms with E-state index in [4.69, 9.17) is 9.84 Å². The first-order chi connectivity index (χ1) is 7.37. The first-order valence-electron chi connectivity index (χ1n) is 3.97. The zero-order chi connectivity index (χ0) is 12.3. The minimum atomic E-state index is -4.86. The molecular weight excluding hydrogens is 342 g/mol. The number of hydrogen-bond acceptors (Lipinski definition) is 4. The highest BCUT2D eigenvalue weighted by Gasteiger charge is 2.34. The molecule has 0 atom stereocenters. The van der Waals surface area contributed by atoms with Crippen molar-refractivity contribution >= 4 is 22.6 Å². The van der Waals surface area contributed by atoms with Gasteiger partial charge in [0.1, 0.15) is 9.39 Å². The molecule has 0 saturated heterocycles. The lowest BCUT2D eigenvalue weighted by Crippen LogP contribution is -2.19. The van der Waals surface area contributed by atoms with Crippen LogP contribution in [-0.4, -0.2) is 23.6 Å². The van der Waals surface area contributed by atoms with Crippen LogP contribution in [0.3, 0.4) is 0 Å². The standard InChI is InChI=1S/C8H7F3INO3/c1-15-5-2-6(12)13-4(3-14)7(5)16-8(9,10)11/h2,14H,3H2,1H3. The summed E-state index contributed by atoms with van der Waals surface area (Å²) in [6.45, 7) is -0.668. The van der Waals surface area contributed by atoms with E-state index < -0.39 is 18.7 Å². The minimum Gasteiger partial charge on any atom is -0.493 e. The van der Waals surface area contributed by atoms with Gasteiger partial charge in [0.2, 0.25) is 0 Å². The number of rotatable bonds is 3. The topological polar surface area (TPSA) is 51.6 Å². The number of aliphatic hydroxyl groups excluding tert-OH is 1.